The second-order valence-corrected chi connectivity index (χ2v) is 6.48. The lowest BCUT2D eigenvalue weighted by Gasteiger charge is -2.24. The Bertz CT molecular complexity index is 513. The summed E-state index contributed by atoms with van der Waals surface area (Å²) in [5.41, 5.74) is 1.21. The number of nitrogens with zero attached hydrogens (tertiary/aromatic N) is 1. The van der Waals surface area contributed by atoms with Crippen molar-refractivity contribution in [1.29, 1.82) is 0 Å². The number of benzene rings is 1. The number of amides is 3. The van der Waals surface area contributed by atoms with E-state index in [1.807, 2.05) is 18.2 Å². The fourth-order valence-corrected chi connectivity index (χ4v) is 3.12. The van der Waals surface area contributed by atoms with Crippen molar-refractivity contribution in [3.05, 3.63) is 35.9 Å². The van der Waals surface area contributed by atoms with Crippen molar-refractivity contribution in [2.75, 3.05) is 19.6 Å². The first-order valence-corrected chi connectivity index (χ1v) is 8.99. The minimum absolute atomic E-state index is 0.0421. The molecule has 0 aliphatic heterocycles. The minimum atomic E-state index is -0.117. The molecule has 0 aromatic heterocycles. The number of hydrogen-bond donors (Lipinski definition) is 2. The van der Waals surface area contributed by atoms with E-state index in [9.17, 15) is 9.59 Å². The van der Waals surface area contributed by atoms with E-state index in [1.165, 1.54) is 24.8 Å². The molecular weight excluding hydrogens is 302 g/mol. The van der Waals surface area contributed by atoms with Crippen LogP contribution in [0, 0.1) is 0 Å². The molecular formula is C19H29N3O2. The van der Waals surface area contributed by atoms with Crippen LogP contribution in [0.3, 0.4) is 0 Å². The second kappa shape index (κ2) is 9.96. The minimum Gasteiger partial charge on any atom is -0.341 e. The second-order valence-electron chi connectivity index (χ2n) is 6.48. The van der Waals surface area contributed by atoms with E-state index in [1.54, 1.807) is 11.8 Å². The van der Waals surface area contributed by atoms with Gasteiger partial charge in [0.25, 0.3) is 0 Å². The topological polar surface area (TPSA) is 61.4 Å². The Morgan fingerprint density at radius 3 is 2.46 bits per heavy atom. The molecule has 24 heavy (non-hydrogen) atoms. The van der Waals surface area contributed by atoms with E-state index >= 15 is 0 Å². The van der Waals surface area contributed by atoms with Gasteiger partial charge >= 0.3 is 6.03 Å². The van der Waals surface area contributed by atoms with Gasteiger partial charge < -0.3 is 15.5 Å². The number of rotatable bonds is 7. The molecule has 0 radical (unpaired) electrons. The van der Waals surface area contributed by atoms with Crippen LogP contribution in [0.15, 0.2) is 30.3 Å². The van der Waals surface area contributed by atoms with Crippen LogP contribution in [0.25, 0.3) is 0 Å². The third-order valence-electron chi connectivity index (χ3n) is 4.57. The maximum Gasteiger partial charge on any atom is 0.315 e. The van der Waals surface area contributed by atoms with Crippen LogP contribution in [0.4, 0.5) is 4.79 Å². The van der Waals surface area contributed by atoms with Crippen LogP contribution in [-0.2, 0) is 11.2 Å². The van der Waals surface area contributed by atoms with Gasteiger partial charge in [-0.2, -0.15) is 0 Å². The van der Waals surface area contributed by atoms with Crippen molar-refractivity contribution < 1.29 is 9.59 Å². The molecule has 2 N–H and O–H groups in total. The fraction of sp³-hybridized carbons (Fsp3) is 0.579. The van der Waals surface area contributed by atoms with Crippen molar-refractivity contribution in [2.24, 2.45) is 0 Å². The Balaban J connectivity index is 1.67. The van der Waals surface area contributed by atoms with E-state index < -0.39 is 0 Å². The Hall–Kier alpha value is -2.04. The highest BCUT2D eigenvalue weighted by Crippen LogP contribution is 2.17. The van der Waals surface area contributed by atoms with E-state index in [0.29, 0.717) is 25.7 Å². The van der Waals surface area contributed by atoms with Crippen molar-refractivity contribution in [1.82, 2.24) is 15.5 Å². The summed E-state index contributed by atoms with van der Waals surface area (Å²) in [7, 11) is 0. The van der Waals surface area contributed by atoms with Gasteiger partial charge in [-0.3, -0.25) is 4.79 Å². The highest BCUT2D eigenvalue weighted by atomic mass is 16.2. The quantitative estimate of drug-likeness (QED) is 0.807. The van der Waals surface area contributed by atoms with Gasteiger partial charge in [-0.25, -0.2) is 4.79 Å². The Morgan fingerprint density at radius 1 is 1.08 bits per heavy atom. The average Bonchev–Trinajstić information content (AvgIpc) is 2.59. The molecule has 0 bridgehead atoms. The number of carbonyl (C=O) groups is 2. The molecule has 5 heteroatoms. The zero-order chi connectivity index (χ0) is 17.2. The summed E-state index contributed by atoms with van der Waals surface area (Å²) in [6.45, 7) is 3.27. The van der Waals surface area contributed by atoms with Crippen LogP contribution in [-0.4, -0.2) is 42.5 Å². The lowest BCUT2D eigenvalue weighted by molar-refractivity contribution is -0.128. The van der Waals surface area contributed by atoms with Gasteiger partial charge in [0.05, 0.1) is 0 Å². The Morgan fingerprint density at radius 2 is 1.79 bits per heavy atom. The van der Waals surface area contributed by atoms with Crippen molar-refractivity contribution in [2.45, 2.75) is 51.5 Å². The number of urea groups is 1. The smallest absolute Gasteiger partial charge is 0.315 e. The SMILES string of the molecule is CC(=O)N(CCNC(=O)NC1CCCCC1)CCc1ccccc1. The van der Waals surface area contributed by atoms with Gasteiger partial charge in [0.2, 0.25) is 5.91 Å². The first-order valence-electron chi connectivity index (χ1n) is 8.99. The maximum absolute atomic E-state index is 11.9. The van der Waals surface area contributed by atoms with Crippen molar-refractivity contribution in [3.63, 3.8) is 0 Å². The van der Waals surface area contributed by atoms with Crippen molar-refractivity contribution in [3.8, 4) is 0 Å². The summed E-state index contributed by atoms with van der Waals surface area (Å²) < 4.78 is 0. The van der Waals surface area contributed by atoms with Gasteiger partial charge in [0, 0.05) is 32.6 Å². The van der Waals surface area contributed by atoms with Gasteiger partial charge in [0.1, 0.15) is 0 Å². The monoisotopic (exact) mass is 331 g/mol. The molecule has 132 valence electrons. The van der Waals surface area contributed by atoms with Crippen LogP contribution >= 0.6 is 0 Å². The largest absolute Gasteiger partial charge is 0.341 e. The first-order chi connectivity index (χ1) is 11.6. The predicted molar refractivity (Wildman–Crippen MR) is 95.8 cm³/mol. The summed E-state index contributed by atoms with van der Waals surface area (Å²) in [4.78, 5) is 25.5. The molecule has 1 fully saturated rings. The van der Waals surface area contributed by atoms with E-state index in [2.05, 4.69) is 22.8 Å². The van der Waals surface area contributed by atoms with Gasteiger partial charge in [0.15, 0.2) is 0 Å². The molecule has 1 aliphatic carbocycles. The van der Waals surface area contributed by atoms with Gasteiger partial charge in [-0.15, -0.1) is 0 Å². The highest BCUT2D eigenvalue weighted by Gasteiger charge is 2.15. The Labute approximate surface area is 144 Å². The van der Waals surface area contributed by atoms with Crippen LogP contribution in [0.5, 0.6) is 0 Å². The predicted octanol–water partition coefficient (Wildman–Crippen LogP) is 2.71. The first kappa shape index (κ1) is 18.3. The summed E-state index contributed by atoms with van der Waals surface area (Å²) >= 11 is 0. The zero-order valence-corrected chi connectivity index (χ0v) is 14.6. The van der Waals surface area contributed by atoms with Crippen molar-refractivity contribution >= 4 is 11.9 Å². The average molecular weight is 331 g/mol. The molecule has 1 aromatic rings. The summed E-state index contributed by atoms with van der Waals surface area (Å²) in [6, 6.07) is 10.3. The number of carbonyl (C=O) groups excluding carboxylic acids is 2. The van der Waals surface area contributed by atoms with Gasteiger partial charge in [-0.05, 0) is 24.8 Å². The van der Waals surface area contributed by atoms with E-state index in [0.717, 1.165) is 19.3 Å². The summed E-state index contributed by atoms with van der Waals surface area (Å²) in [5.74, 6) is 0.0421. The Kier molecular flexibility index (Phi) is 7.59. The lowest BCUT2D eigenvalue weighted by atomic mass is 9.96. The molecule has 1 saturated carbocycles. The molecule has 1 aliphatic rings. The third-order valence-corrected chi connectivity index (χ3v) is 4.57. The zero-order valence-electron chi connectivity index (χ0n) is 14.6. The van der Waals surface area contributed by atoms with Gasteiger partial charge in [-0.1, -0.05) is 49.6 Å². The molecule has 0 heterocycles. The van der Waals surface area contributed by atoms with Crippen LogP contribution in [0.2, 0.25) is 0 Å². The standard InChI is InChI=1S/C19H29N3O2/c1-16(23)22(14-12-17-8-4-2-5-9-17)15-13-20-19(24)21-18-10-6-3-7-11-18/h2,4-5,8-9,18H,3,6-7,10-15H2,1H3,(H2,20,21,24). The highest BCUT2D eigenvalue weighted by molar-refractivity contribution is 5.75. The molecule has 0 saturated heterocycles. The molecule has 1 aromatic carbocycles. The number of nitrogens with one attached hydrogen (secondary N) is 2. The molecule has 5 nitrogen and oxygen atoms in total. The fourth-order valence-electron chi connectivity index (χ4n) is 3.12. The van der Waals surface area contributed by atoms with Crippen LogP contribution in [0.1, 0.15) is 44.6 Å². The lowest BCUT2D eigenvalue weighted by Crippen LogP contribution is -2.45. The normalized spacial score (nSPS) is 14.9. The molecule has 0 atom stereocenters. The number of hydrogen-bond acceptors (Lipinski definition) is 2. The van der Waals surface area contributed by atoms with E-state index in [-0.39, 0.29) is 11.9 Å². The summed E-state index contributed by atoms with van der Waals surface area (Å²) in [5, 5.41) is 5.90. The van der Waals surface area contributed by atoms with Crippen LogP contribution < -0.4 is 10.6 Å². The molecule has 2 rings (SSSR count). The molecule has 3 amide bonds. The van der Waals surface area contributed by atoms with E-state index in [4.69, 9.17) is 0 Å². The maximum atomic E-state index is 11.9. The molecule has 0 spiro atoms. The summed E-state index contributed by atoms with van der Waals surface area (Å²) in [6.07, 6.45) is 6.64. The third kappa shape index (κ3) is 6.60. The molecule has 0 unspecified atom stereocenters.